The lowest BCUT2D eigenvalue weighted by molar-refractivity contribution is -0.156. The van der Waals surface area contributed by atoms with E-state index in [9.17, 15) is 24.9 Å². The van der Waals surface area contributed by atoms with Gasteiger partial charge in [-0.25, -0.2) is 4.79 Å². The highest BCUT2D eigenvalue weighted by molar-refractivity contribution is 5.92. The van der Waals surface area contributed by atoms with Crippen LogP contribution in [0.5, 0.6) is 11.5 Å². The molecule has 0 saturated heterocycles. The molecule has 10 nitrogen and oxygen atoms in total. The zero-order valence-electron chi connectivity index (χ0n) is 22.7. The van der Waals surface area contributed by atoms with Crippen molar-refractivity contribution < 1.29 is 34.0 Å². The normalized spacial score (nSPS) is 19.3. The lowest BCUT2D eigenvalue weighted by atomic mass is 9.80. The average molecular weight is 541 g/mol. The molecule has 2 aromatic rings. The molecule has 4 rings (SSSR count). The van der Waals surface area contributed by atoms with Crippen molar-refractivity contribution in [2.75, 3.05) is 13.2 Å². The van der Waals surface area contributed by atoms with Gasteiger partial charge in [0.1, 0.15) is 46.5 Å². The highest BCUT2D eigenvalue weighted by Gasteiger charge is 2.44. The molecule has 0 spiro atoms. The minimum atomic E-state index is -1.01. The number of hydrogen-bond donors (Lipinski definition) is 5. The summed E-state index contributed by atoms with van der Waals surface area (Å²) in [6, 6.07) is 1.14. The molecule has 10 heteroatoms. The molecular weight excluding hydrogens is 504 g/mol. The second-order valence-electron chi connectivity index (χ2n) is 10.4. The molecule has 1 aromatic heterocycles. The third-order valence-electron chi connectivity index (χ3n) is 7.34. The number of allylic oxidation sites excluding steroid dienone is 3. The predicted molar refractivity (Wildman–Crippen MR) is 145 cm³/mol. The number of phenols is 1. The number of aliphatic hydroxyl groups is 2. The highest BCUT2D eigenvalue weighted by atomic mass is 16.6. The van der Waals surface area contributed by atoms with E-state index in [1.807, 2.05) is 6.08 Å². The molecule has 0 bridgehead atoms. The number of phenolic OH excluding ortho intramolecular Hbond substituents is 1. The molecule has 0 amide bonds. The van der Waals surface area contributed by atoms with Crippen molar-refractivity contribution in [3.05, 3.63) is 68.4 Å². The van der Waals surface area contributed by atoms with Gasteiger partial charge in [-0.1, -0.05) is 12.2 Å². The lowest BCUT2D eigenvalue weighted by Crippen LogP contribution is -2.49. The van der Waals surface area contributed by atoms with Crippen LogP contribution in [0.25, 0.3) is 11.0 Å². The molecule has 2 aliphatic rings. The minimum Gasteiger partial charge on any atom is -0.507 e. The topological polar surface area (TPSA) is 164 Å². The van der Waals surface area contributed by atoms with Gasteiger partial charge in [0.2, 0.25) is 0 Å². The standard InChI is InChI=1S/C29H36N2O8/c1-5-15(2)28(36)38-21-13-19-25(35)24-20(34)12-17(14-33)37-27(24)23(26(19)39-29(21,3)4)18(7-6-10-32)16-8-9-31-22(30)11-16/h5,8,11-12,18,21,31-33,35H,6-7,9-10,13-14,30H2,1-4H3. The van der Waals surface area contributed by atoms with Crippen molar-refractivity contribution >= 4 is 16.9 Å². The van der Waals surface area contributed by atoms with Crippen LogP contribution >= 0.6 is 0 Å². The van der Waals surface area contributed by atoms with Gasteiger partial charge in [0.05, 0.1) is 5.82 Å². The smallest absolute Gasteiger partial charge is 0.333 e. The fraction of sp³-hybridized carbons (Fsp3) is 0.448. The number of aromatic hydroxyl groups is 1. The zero-order chi connectivity index (χ0) is 28.5. The summed E-state index contributed by atoms with van der Waals surface area (Å²) >= 11 is 0. The van der Waals surface area contributed by atoms with Gasteiger partial charge in [0.25, 0.3) is 0 Å². The SMILES string of the molecule is CC=C(C)C(=O)OC1Cc2c(c(C(CCCO)C3=CCNC(N)=C3)c3oc(CO)cc(=O)c3c2O)OC1(C)C. The van der Waals surface area contributed by atoms with Crippen LogP contribution in [-0.4, -0.2) is 46.1 Å². The number of ether oxygens (including phenoxy) is 2. The van der Waals surface area contributed by atoms with Crippen LogP contribution in [0.4, 0.5) is 0 Å². The number of dihydropyridines is 1. The molecule has 39 heavy (non-hydrogen) atoms. The Morgan fingerprint density at radius 3 is 2.74 bits per heavy atom. The van der Waals surface area contributed by atoms with Crippen molar-refractivity contribution in [1.29, 1.82) is 0 Å². The number of hydrogen-bond acceptors (Lipinski definition) is 10. The van der Waals surface area contributed by atoms with E-state index in [0.29, 0.717) is 47.7 Å². The Labute approximate surface area is 226 Å². The summed E-state index contributed by atoms with van der Waals surface area (Å²) in [6.45, 7) is 6.85. The number of fused-ring (bicyclic) bond motifs is 2. The van der Waals surface area contributed by atoms with Gasteiger partial charge in [0.15, 0.2) is 5.43 Å². The van der Waals surface area contributed by atoms with Crippen LogP contribution in [0.2, 0.25) is 0 Å². The Hall–Kier alpha value is -3.76. The molecule has 0 fully saturated rings. The third kappa shape index (κ3) is 5.39. The van der Waals surface area contributed by atoms with Gasteiger partial charge in [-0.3, -0.25) is 4.79 Å². The fourth-order valence-corrected chi connectivity index (χ4v) is 5.06. The zero-order valence-corrected chi connectivity index (χ0v) is 22.7. The Bertz CT molecular complexity index is 1430. The molecule has 3 heterocycles. The van der Waals surface area contributed by atoms with Crippen LogP contribution < -0.4 is 21.2 Å². The Balaban J connectivity index is 2.02. The van der Waals surface area contributed by atoms with E-state index in [4.69, 9.17) is 19.6 Å². The average Bonchev–Trinajstić information content (AvgIpc) is 2.90. The van der Waals surface area contributed by atoms with Gasteiger partial charge in [0, 0.05) is 48.3 Å². The first-order chi connectivity index (χ1) is 18.5. The first-order valence-corrected chi connectivity index (χ1v) is 13.0. The highest BCUT2D eigenvalue weighted by Crippen LogP contribution is 2.51. The maximum atomic E-state index is 13.2. The number of carbonyl (C=O) groups is 1. The van der Waals surface area contributed by atoms with Crippen LogP contribution in [0.15, 0.2) is 50.5 Å². The van der Waals surface area contributed by atoms with Crippen LogP contribution in [-0.2, 0) is 22.6 Å². The summed E-state index contributed by atoms with van der Waals surface area (Å²) in [4.78, 5) is 25.9. The molecule has 2 aliphatic heterocycles. The summed E-state index contributed by atoms with van der Waals surface area (Å²) in [5.74, 6) is -0.455. The molecule has 0 aliphatic carbocycles. The van der Waals surface area contributed by atoms with Crippen molar-refractivity contribution in [2.45, 2.75) is 71.2 Å². The maximum absolute atomic E-state index is 13.2. The van der Waals surface area contributed by atoms with E-state index in [-0.39, 0.29) is 35.5 Å². The van der Waals surface area contributed by atoms with Crippen LogP contribution in [0.3, 0.4) is 0 Å². The van der Waals surface area contributed by atoms with Crippen molar-refractivity contribution in [3.8, 4) is 11.5 Å². The molecule has 210 valence electrons. The maximum Gasteiger partial charge on any atom is 0.333 e. The summed E-state index contributed by atoms with van der Waals surface area (Å²) in [5.41, 5.74) is 6.71. The number of nitrogens with two attached hydrogens (primary N) is 1. The van der Waals surface area contributed by atoms with E-state index in [0.717, 1.165) is 11.6 Å². The largest absolute Gasteiger partial charge is 0.507 e. The Kier molecular flexibility index (Phi) is 8.08. The number of benzene rings is 1. The number of aliphatic hydroxyl groups excluding tert-OH is 2. The van der Waals surface area contributed by atoms with Crippen molar-refractivity contribution in [3.63, 3.8) is 0 Å². The second kappa shape index (κ2) is 11.2. The summed E-state index contributed by atoms with van der Waals surface area (Å²) in [5, 5.41) is 33.9. The molecular formula is C29H36N2O8. The van der Waals surface area contributed by atoms with Gasteiger partial charge in [-0.05, 0) is 52.2 Å². The van der Waals surface area contributed by atoms with Gasteiger partial charge in [-0.2, -0.15) is 0 Å². The molecule has 1 aromatic carbocycles. The molecule has 6 N–H and O–H groups in total. The van der Waals surface area contributed by atoms with Crippen molar-refractivity contribution in [2.24, 2.45) is 5.73 Å². The van der Waals surface area contributed by atoms with Gasteiger partial charge < -0.3 is 40.3 Å². The monoisotopic (exact) mass is 540 g/mol. The van der Waals surface area contributed by atoms with Crippen LogP contribution in [0.1, 0.15) is 63.3 Å². The summed E-state index contributed by atoms with van der Waals surface area (Å²) in [7, 11) is 0. The van der Waals surface area contributed by atoms with E-state index in [1.54, 1.807) is 39.8 Å². The van der Waals surface area contributed by atoms with Crippen molar-refractivity contribution in [1.82, 2.24) is 5.32 Å². The Morgan fingerprint density at radius 1 is 1.36 bits per heavy atom. The minimum absolute atomic E-state index is 0.0343. The van der Waals surface area contributed by atoms with Gasteiger partial charge >= 0.3 is 5.97 Å². The molecule has 2 atom stereocenters. The Morgan fingerprint density at radius 2 is 2.10 bits per heavy atom. The van der Waals surface area contributed by atoms with E-state index < -0.39 is 35.6 Å². The fourth-order valence-electron chi connectivity index (χ4n) is 5.06. The number of nitrogens with one attached hydrogen (secondary N) is 1. The first-order valence-electron chi connectivity index (χ1n) is 13.0. The predicted octanol–water partition coefficient (Wildman–Crippen LogP) is 2.77. The molecule has 0 radical (unpaired) electrons. The number of rotatable bonds is 8. The number of esters is 1. The molecule has 2 unspecified atom stereocenters. The van der Waals surface area contributed by atoms with Crippen LogP contribution in [0, 0.1) is 0 Å². The quantitative estimate of drug-likeness (QED) is 0.248. The number of carbonyl (C=O) groups excluding carboxylic acids is 1. The second-order valence-corrected chi connectivity index (χ2v) is 10.4. The first kappa shape index (κ1) is 28.3. The molecule has 0 saturated carbocycles. The van der Waals surface area contributed by atoms with E-state index >= 15 is 0 Å². The summed E-state index contributed by atoms with van der Waals surface area (Å²) < 4.78 is 18.3. The van der Waals surface area contributed by atoms with E-state index in [1.165, 1.54) is 0 Å². The van der Waals surface area contributed by atoms with E-state index in [2.05, 4.69) is 5.32 Å². The lowest BCUT2D eigenvalue weighted by Gasteiger charge is -2.41. The van der Waals surface area contributed by atoms with Gasteiger partial charge in [-0.15, -0.1) is 0 Å². The summed E-state index contributed by atoms with van der Waals surface area (Å²) in [6.07, 6.45) is 5.59. The third-order valence-corrected chi connectivity index (χ3v) is 7.34.